The maximum absolute atomic E-state index is 12.9. The third-order valence-electron chi connectivity index (χ3n) is 4.52. The Labute approximate surface area is 152 Å². The Balaban J connectivity index is 1.84. The van der Waals surface area contributed by atoms with Crippen LogP contribution < -0.4 is 4.74 Å². The zero-order chi connectivity index (χ0) is 18.0. The molecule has 2 heterocycles. The molecule has 3 rings (SSSR count). The molecule has 1 aliphatic heterocycles. The highest BCUT2D eigenvalue weighted by molar-refractivity contribution is 6.31. The molecule has 0 aliphatic carbocycles. The lowest BCUT2D eigenvalue weighted by Gasteiger charge is -2.34. The molecule has 134 valence electrons. The highest BCUT2D eigenvalue weighted by atomic mass is 35.5. The summed E-state index contributed by atoms with van der Waals surface area (Å²) >= 11 is 6.22. The minimum absolute atomic E-state index is 0.124. The molecule has 7 heteroatoms. The zero-order valence-corrected chi connectivity index (χ0v) is 15.5. The lowest BCUT2D eigenvalue weighted by Crippen LogP contribution is -2.42. The molecule has 25 heavy (non-hydrogen) atoms. The van der Waals surface area contributed by atoms with Crippen LogP contribution in [0.2, 0.25) is 5.02 Å². The van der Waals surface area contributed by atoms with Gasteiger partial charge in [-0.1, -0.05) is 48.9 Å². The molecule has 1 aliphatic rings. The van der Waals surface area contributed by atoms with Gasteiger partial charge in [0.15, 0.2) is 0 Å². The Morgan fingerprint density at radius 1 is 1.28 bits per heavy atom. The van der Waals surface area contributed by atoms with E-state index in [-0.39, 0.29) is 11.6 Å². The summed E-state index contributed by atoms with van der Waals surface area (Å²) in [6.45, 7) is 6.21. The molecule has 0 unspecified atom stereocenters. The number of benzene rings is 1. The number of aromatic nitrogens is 3. The van der Waals surface area contributed by atoms with Crippen LogP contribution in [0, 0.1) is 11.8 Å². The van der Waals surface area contributed by atoms with Crippen molar-refractivity contribution in [3.8, 4) is 5.88 Å². The van der Waals surface area contributed by atoms with Crippen molar-refractivity contribution in [1.82, 2.24) is 19.9 Å². The van der Waals surface area contributed by atoms with Crippen molar-refractivity contribution < 1.29 is 9.53 Å². The quantitative estimate of drug-likeness (QED) is 0.838. The van der Waals surface area contributed by atoms with E-state index in [9.17, 15) is 4.79 Å². The number of carbonyl (C=O) groups excluding carboxylic acids is 1. The normalized spacial score (nSPS) is 20.6. The molecule has 1 aromatic heterocycles. The van der Waals surface area contributed by atoms with Gasteiger partial charge in [0.1, 0.15) is 0 Å². The molecule has 0 spiro atoms. The number of ether oxygens (including phenoxy) is 1. The van der Waals surface area contributed by atoms with E-state index < -0.39 is 0 Å². The van der Waals surface area contributed by atoms with Gasteiger partial charge < -0.3 is 9.64 Å². The van der Waals surface area contributed by atoms with Crippen molar-refractivity contribution >= 4 is 17.5 Å². The van der Waals surface area contributed by atoms with Crippen molar-refractivity contribution in [2.75, 3.05) is 20.2 Å². The van der Waals surface area contributed by atoms with Crippen molar-refractivity contribution in [1.29, 1.82) is 0 Å². The van der Waals surface area contributed by atoms with Gasteiger partial charge >= 0.3 is 0 Å². The number of carbonyl (C=O) groups is 1. The van der Waals surface area contributed by atoms with E-state index in [2.05, 4.69) is 24.2 Å². The van der Waals surface area contributed by atoms with E-state index in [4.69, 9.17) is 16.3 Å². The van der Waals surface area contributed by atoms with E-state index in [1.807, 2.05) is 29.2 Å². The minimum atomic E-state index is -0.124. The third-order valence-corrected chi connectivity index (χ3v) is 4.89. The van der Waals surface area contributed by atoms with Crippen LogP contribution in [0.5, 0.6) is 5.88 Å². The molecule has 6 nitrogen and oxygen atoms in total. The van der Waals surface area contributed by atoms with Gasteiger partial charge in [-0.3, -0.25) is 4.79 Å². The highest BCUT2D eigenvalue weighted by Crippen LogP contribution is 2.26. The number of likely N-dealkylation sites (tertiary alicyclic amines) is 1. The number of nitrogens with zero attached hydrogens (tertiary/aromatic N) is 4. The Kier molecular flexibility index (Phi) is 5.27. The standard InChI is InChI=1S/C18H23ClN4O2/c1-12-8-13(2)10-22(9-12)17(24)16-18(25-3)23(21-20-16)11-14-6-4-5-7-15(14)19/h4-7,12-13H,8-11H2,1-3H3/t12-,13+. The first-order valence-electron chi connectivity index (χ1n) is 8.49. The lowest BCUT2D eigenvalue weighted by molar-refractivity contribution is 0.0613. The summed E-state index contributed by atoms with van der Waals surface area (Å²) in [5.41, 5.74) is 1.16. The Morgan fingerprint density at radius 2 is 1.96 bits per heavy atom. The third kappa shape index (κ3) is 3.79. The number of rotatable bonds is 4. The number of amides is 1. The van der Waals surface area contributed by atoms with Crippen molar-refractivity contribution in [3.63, 3.8) is 0 Å². The number of methoxy groups -OCH3 is 1. The van der Waals surface area contributed by atoms with Gasteiger partial charge in [0, 0.05) is 18.1 Å². The maximum atomic E-state index is 12.9. The fourth-order valence-electron chi connectivity index (χ4n) is 3.51. The van der Waals surface area contributed by atoms with E-state index in [1.165, 1.54) is 7.11 Å². The fourth-order valence-corrected chi connectivity index (χ4v) is 3.71. The smallest absolute Gasteiger partial charge is 0.280 e. The molecule has 0 bridgehead atoms. The highest BCUT2D eigenvalue weighted by Gasteiger charge is 2.30. The number of piperidine rings is 1. The van der Waals surface area contributed by atoms with Crippen LogP contribution in [-0.4, -0.2) is 46.0 Å². The van der Waals surface area contributed by atoms with Crippen LogP contribution in [0.15, 0.2) is 24.3 Å². The Bertz CT molecular complexity index is 751. The monoisotopic (exact) mass is 362 g/mol. The predicted octanol–water partition coefficient (Wildman–Crippen LogP) is 3.11. The number of hydrogen-bond acceptors (Lipinski definition) is 4. The van der Waals surface area contributed by atoms with Gasteiger partial charge in [0.2, 0.25) is 11.6 Å². The Hall–Kier alpha value is -2.08. The van der Waals surface area contributed by atoms with Gasteiger partial charge in [-0.05, 0) is 29.9 Å². The molecule has 2 atom stereocenters. The van der Waals surface area contributed by atoms with Gasteiger partial charge in [-0.15, -0.1) is 5.10 Å². The second kappa shape index (κ2) is 7.44. The van der Waals surface area contributed by atoms with Crippen LogP contribution >= 0.6 is 11.6 Å². The largest absolute Gasteiger partial charge is 0.479 e. The van der Waals surface area contributed by atoms with Crippen molar-refractivity contribution in [2.24, 2.45) is 11.8 Å². The second-order valence-electron chi connectivity index (χ2n) is 6.85. The number of hydrogen-bond donors (Lipinski definition) is 0. The first-order valence-corrected chi connectivity index (χ1v) is 8.87. The van der Waals surface area contributed by atoms with Crippen LogP contribution in [-0.2, 0) is 6.54 Å². The molecule has 0 radical (unpaired) electrons. The summed E-state index contributed by atoms with van der Waals surface area (Å²) < 4.78 is 7.02. The summed E-state index contributed by atoms with van der Waals surface area (Å²) in [5, 5.41) is 8.85. The molecule has 0 N–H and O–H groups in total. The minimum Gasteiger partial charge on any atom is -0.479 e. The average molecular weight is 363 g/mol. The summed E-state index contributed by atoms with van der Waals surface area (Å²) in [4.78, 5) is 14.8. The number of halogens is 1. The fraction of sp³-hybridized carbons (Fsp3) is 0.500. The lowest BCUT2D eigenvalue weighted by atomic mass is 9.92. The summed E-state index contributed by atoms with van der Waals surface area (Å²) in [7, 11) is 1.53. The second-order valence-corrected chi connectivity index (χ2v) is 7.26. The van der Waals surface area contributed by atoms with Gasteiger partial charge in [0.25, 0.3) is 5.91 Å². The van der Waals surface area contributed by atoms with Crippen LogP contribution in [0.3, 0.4) is 0 Å². The average Bonchev–Trinajstić information content (AvgIpc) is 2.98. The molecular formula is C18H23ClN4O2. The molecule has 0 saturated carbocycles. The summed E-state index contributed by atoms with van der Waals surface area (Å²) in [6, 6.07) is 7.52. The first kappa shape index (κ1) is 17.7. The van der Waals surface area contributed by atoms with Crippen molar-refractivity contribution in [2.45, 2.75) is 26.8 Å². The molecular weight excluding hydrogens is 340 g/mol. The van der Waals surface area contributed by atoms with Crippen LogP contribution in [0.4, 0.5) is 0 Å². The molecule has 1 fully saturated rings. The molecule has 1 aromatic carbocycles. The van der Waals surface area contributed by atoms with Crippen molar-refractivity contribution in [3.05, 3.63) is 40.5 Å². The van der Waals surface area contributed by atoms with Crippen LogP contribution in [0.1, 0.15) is 36.3 Å². The molecule has 1 amide bonds. The van der Waals surface area contributed by atoms with E-state index in [1.54, 1.807) is 4.68 Å². The summed E-state index contributed by atoms with van der Waals surface area (Å²) in [5.74, 6) is 1.21. The van der Waals surface area contributed by atoms with Crippen LogP contribution in [0.25, 0.3) is 0 Å². The first-order chi connectivity index (χ1) is 12.0. The van der Waals surface area contributed by atoms with E-state index >= 15 is 0 Å². The molecule has 2 aromatic rings. The summed E-state index contributed by atoms with van der Waals surface area (Å²) in [6.07, 6.45) is 1.14. The van der Waals surface area contributed by atoms with Gasteiger partial charge in [0.05, 0.1) is 13.7 Å². The Morgan fingerprint density at radius 3 is 2.60 bits per heavy atom. The van der Waals surface area contributed by atoms with Gasteiger partial charge in [-0.2, -0.15) is 0 Å². The van der Waals surface area contributed by atoms with Gasteiger partial charge in [-0.25, -0.2) is 4.68 Å². The SMILES string of the molecule is COc1c(C(=O)N2C[C@H](C)C[C@H](C)C2)nnn1Cc1ccccc1Cl. The maximum Gasteiger partial charge on any atom is 0.280 e. The predicted molar refractivity (Wildman–Crippen MR) is 96.0 cm³/mol. The topological polar surface area (TPSA) is 60.2 Å². The van der Waals surface area contributed by atoms with E-state index in [0.29, 0.717) is 29.3 Å². The van der Waals surface area contributed by atoms with E-state index in [0.717, 1.165) is 25.1 Å². The molecule has 1 saturated heterocycles. The zero-order valence-electron chi connectivity index (χ0n) is 14.8.